The van der Waals surface area contributed by atoms with Gasteiger partial charge in [-0.05, 0) is 53.1 Å². The standard InChI is InChI=1S/C48H32N4O/c1-48(2)38-19-11-9-18-36(38)43-39(48)25-24-35-33-17-10-12-20-40(33)52(44(35)43)32-22-26-41-37(28-32)34-23-21-31(27-42(34)53-41)47-50-45(29-13-5-3-6-14-29)49-46(51-47)30-15-7-4-8-16-30/h3-28H,1-2H3/i3D,4D,5D,6D,7D,8D,13D,14D,15D,16D. The topological polar surface area (TPSA) is 56.7 Å². The minimum absolute atomic E-state index is 0.0426. The molecule has 5 nitrogen and oxygen atoms in total. The Hall–Kier alpha value is -6.85. The first-order valence-electron chi connectivity index (χ1n) is 22.2. The minimum atomic E-state index is -0.612. The van der Waals surface area contributed by atoms with E-state index in [1.54, 1.807) is 12.1 Å². The van der Waals surface area contributed by atoms with Crippen molar-refractivity contribution in [3.63, 3.8) is 0 Å². The molecule has 3 heterocycles. The smallest absolute Gasteiger partial charge is 0.164 e. The zero-order chi connectivity index (χ0) is 44.0. The Balaban J connectivity index is 1.12. The fraction of sp³-hybridized carbons (Fsp3) is 0.0625. The van der Waals surface area contributed by atoms with Gasteiger partial charge in [0.05, 0.1) is 24.7 Å². The lowest BCUT2D eigenvalue weighted by Gasteiger charge is -2.21. The van der Waals surface area contributed by atoms with Gasteiger partial charge in [-0.15, -0.1) is 0 Å². The van der Waals surface area contributed by atoms with E-state index >= 15 is 0 Å². The van der Waals surface area contributed by atoms with E-state index in [0.717, 1.165) is 38.3 Å². The van der Waals surface area contributed by atoms with Crippen LogP contribution in [0.3, 0.4) is 0 Å². The average molecular weight is 691 g/mol. The molecule has 7 aromatic carbocycles. The Kier molecular flexibility index (Phi) is 4.49. The fourth-order valence-electron chi connectivity index (χ4n) is 8.01. The van der Waals surface area contributed by atoms with Gasteiger partial charge in [-0.1, -0.05) is 135 Å². The molecule has 0 atom stereocenters. The molecule has 0 saturated carbocycles. The molecule has 1 aliphatic rings. The van der Waals surface area contributed by atoms with E-state index in [9.17, 15) is 0 Å². The van der Waals surface area contributed by atoms with Gasteiger partial charge >= 0.3 is 0 Å². The highest BCUT2D eigenvalue weighted by Crippen LogP contribution is 2.53. The third-order valence-corrected chi connectivity index (χ3v) is 10.4. The molecule has 0 radical (unpaired) electrons. The van der Waals surface area contributed by atoms with Crippen molar-refractivity contribution in [2.24, 2.45) is 0 Å². The van der Waals surface area contributed by atoms with Gasteiger partial charge in [0.15, 0.2) is 17.5 Å². The Morgan fingerprint density at radius 1 is 0.547 bits per heavy atom. The summed E-state index contributed by atoms with van der Waals surface area (Å²) in [5.74, 6) is -0.715. The van der Waals surface area contributed by atoms with Crippen molar-refractivity contribution < 1.29 is 18.1 Å². The number of fused-ring (bicyclic) bond motifs is 10. The highest BCUT2D eigenvalue weighted by atomic mass is 16.3. The molecule has 1 aliphatic carbocycles. The van der Waals surface area contributed by atoms with Crippen molar-refractivity contribution in [3.05, 3.63) is 169 Å². The molecule has 0 unspecified atom stereocenters. The number of furan rings is 1. The molecule has 0 N–H and O–H groups in total. The van der Waals surface area contributed by atoms with Crippen molar-refractivity contribution in [2.45, 2.75) is 19.3 Å². The molecule has 0 saturated heterocycles. The van der Waals surface area contributed by atoms with Crippen LogP contribution in [0.25, 0.3) is 94.7 Å². The SMILES string of the molecule is [2H]c1c([2H])c([2H])c(-c2nc(-c3ccc4c(c3)oc3ccc(-n5c6ccccc6c6ccc7c(c65)-c5ccccc5C7(C)C)cc34)nc(-c3c([2H])c([2H])c([2H])c([2H])c3[2H])n2)c([2H])c1[2H]. The summed E-state index contributed by atoms with van der Waals surface area (Å²) in [6, 6.07) is 27.0. The molecule has 0 bridgehead atoms. The summed E-state index contributed by atoms with van der Waals surface area (Å²) >= 11 is 0. The number of benzene rings is 7. The number of rotatable bonds is 4. The lowest BCUT2D eigenvalue weighted by atomic mass is 9.82. The van der Waals surface area contributed by atoms with Crippen molar-refractivity contribution >= 4 is 43.7 Å². The van der Waals surface area contributed by atoms with E-state index in [4.69, 9.17) is 18.1 Å². The predicted octanol–water partition coefficient (Wildman–Crippen LogP) is 12.2. The maximum atomic E-state index is 8.67. The highest BCUT2D eigenvalue weighted by molar-refractivity contribution is 6.16. The fourth-order valence-corrected chi connectivity index (χ4v) is 8.01. The summed E-state index contributed by atoms with van der Waals surface area (Å²) < 4.78 is 92.9. The molecule has 0 aliphatic heterocycles. The number of hydrogen-bond donors (Lipinski definition) is 0. The molecule has 3 aromatic heterocycles. The number of aromatic nitrogens is 4. The third kappa shape index (κ3) is 4.40. The Morgan fingerprint density at radius 2 is 1.21 bits per heavy atom. The van der Waals surface area contributed by atoms with Gasteiger partial charge < -0.3 is 8.98 Å². The van der Waals surface area contributed by atoms with E-state index in [1.165, 1.54) is 22.3 Å². The largest absolute Gasteiger partial charge is 0.456 e. The van der Waals surface area contributed by atoms with Crippen molar-refractivity contribution in [2.75, 3.05) is 0 Å². The van der Waals surface area contributed by atoms with E-state index in [0.29, 0.717) is 16.7 Å². The van der Waals surface area contributed by atoms with Crippen LogP contribution in [0.15, 0.2) is 162 Å². The van der Waals surface area contributed by atoms with E-state index in [-0.39, 0.29) is 34.0 Å². The maximum absolute atomic E-state index is 8.67. The molecular weight excluding hydrogens is 649 g/mol. The van der Waals surface area contributed by atoms with E-state index in [1.807, 2.05) is 18.2 Å². The zero-order valence-corrected chi connectivity index (χ0v) is 28.4. The maximum Gasteiger partial charge on any atom is 0.164 e. The van der Waals surface area contributed by atoms with Gasteiger partial charge in [-0.2, -0.15) is 0 Å². The molecule has 0 amide bonds. The van der Waals surface area contributed by atoms with Crippen LogP contribution in [0.4, 0.5) is 0 Å². The Morgan fingerprint density at radius 3 is 1.96 bits per heavy atom. The molecular formula is C48H32N4O. The van der Waals surface area contributed by atoms with Crippen LogP contribution < -0.4 is 0 Å². The van der Waals surface area contributed by atoms with Gasteiger partial charge in [0.1, 0.15) is 11.2 Å². The van der Waals surface area contributed by atoms with Crippen molar-refractivity contribution in [3.8, 4) is 51.0 Å². The van der Waals surface area contributed by atoms with Crippen LogP contribution in [0.2, 0.25) is 0 Å². The summed E-state index contributed by atoms with van der Waals surface area (Å²) in [5.41, 5.74) is 8.76. The first-order chi connectivity index (χ1) is 30.2. The summed E-state index contributed by atoms with van der Waals surface area (Å²) in [6.45, 7) is 4.55. The summed E-state index contributed by atoms with van der Waals surface area (Å²) in [6.07, 6.45) is 0. The quantitative estimate of drug-likeness (QED) is 0.184. The number of nitrogens with zero attached hydrogens (tertiary/aromatic N) is 4. The number of hydrogen-bond acceptors (Lipinski definition) is 4. The van der Waals surface area contributed by atoms with Crippen LogP contribution in [-0.2, 0) is 5.41 Å². The van der Waals surface area contributed by atoms with Crippen LogP contribution in [-0.4, -0.2) is 19.5 Å². The van der Waals surface area contributed by atoms with Crippen molar-refractivity contribution in [1.82, 2.24) is 19.5 Å². The average Bonchev–Trinajstić information content (AvgIpc) is 3.91. The monoisotopic (exact) mass is 690 g/mol. The highest BCUT2D eigenvalue weighted by Gasteiger charge is 2.37. The molecule has 250 valence electrons. The van der Waals surface area contributed by atoms with Crippen LogP contribution in [0.1, 0.15) is 38.7 Å². The Bertz CT molecular complexity index is 3540. The Labute approximate surface area is 319 Å². The summed E-state index contributed by atoms with van der Waals surface area (Å²) in [4.78, 5) is 13.6. The predicted molar refractivity (Wildman–Crippen MR) is 215 cm³/mol. The molecule has 10 aromatic rings. The lowest BCUT2D eigenvalue weighted by Crippen LogP contribution is -2.14. The first kappa shape index (κ1) is 21.5. The lowest BCUT2D eigenvalue weighted by molar-refractivity contribution is 0.661. The second-order valence-electron chi connectivity index (χ2n) is 13.7. The first-order valence-corrected chi connectivity index (χ1v) is 17.2. The summed E-state index contributed by atoms with van der Waals surface area (Å²) in [7, 11) is 0. The molecule has 11 rings (SSSR count). The molecule has 5 heteroatoms. The second-order valence-corrected chi connectivity index (χ2v) is 13.7. The van der Waals surface area contributed by atoms with Gasteiger partial charge in [0.25, 0.3) is 0 Å². The van der Waals surface area contributed by atoms with Gasteiger partial charge in [0.2, 0.25) is 0 Å². The second kappa shape index (κ2) is 11.1. The molecule has 0 spiro atoms. The van der Waals surface area contributed by atoms with Gasteiger partial charge in [-0.25, -0.2) is 15.0 Å². The zero-order valence-electron chi connectivity index (χ0n) is 38.4. The third-order valence-electron chi connectivity index (χ3n) is 10.4. The van der Waals surface area contributed by atoms with Crippen LogP contribution >= 0.6 is 0 Å². The van der Waals surface area contributed by atoms with Crippen LogP contribution in [0.5, 0.6) is 0 Å². The van der Waals surface area contributed by atoms with Crippen molar-refractivity contribution in [1.29, 1.82) is 0 Å². The van der Waals surface area contributed by atoms with Crippen LogP contribution in [0, 0.1) is 0 Å². The molecule has 53 heavy (non-hydrogen) atoms. The van der Waals surface area contributed by atoms with E-state index < -0.39 is 60.4 Å². The molecule has 0 fully saturated rings. The van der Waals surface area contributed by atoms with Gasteiger partial charge in [0, 0.05) is 54.9 Å². The minimum Gasteiger partial charge on any atom is -0.456 e. The normalized spacial score (nSPS) is 15.9. The summed E-state index contributed by atoms with van der Waals surface area (Å²) in [5, 5.41) is 3.94. The number of para-hydroxylation sites is 1. The van der Waals surface area contributed by atoms with E-state index in [2.05, 4.69) is 100 Å². The van der Waals surface area contributed by atoms with Gasteiger partial charge in [-0.3, -0.25) is 0 Å².